The predicted molar refractivity (Wildman–Crippen MR) is 36.7 cm³/mol. The van der Waals surface area contributed by atoms with Crippen molar-refractivity contribution in [2.75, 3.05) is 13.2 Å². The quantitative estimate of drug-likeness (QED) is 0.376. The van der Waals surface area contributed by atoms with Gasteiger partial charge >= 0.3 is 0 Å². The molecule has 0 amide bonds. The van der Waals surface area contributed by atoms with Gasteiger partial charge in [-0.3, -0.25) is 0 Å². The molecule has 3 heterocycles. The Balaban J connectivity index is 1.97. The van der Waals surface area contributed by atoms with E-state index in [4.69, 9.17) is 14.5 Å². The molecule has 4 atom stereocenters. The lowest BCUT2D eigenvalue weighted by atomic mass is 9.81. The van der Waals surface area contributed by atoms with Gasteiger partial charge in [0.05, 0.1) is 13.2 Å². The van der Waals surface area contributed by atoms with Crippen LogP contribution in [0.2, 0.25) is 0 Å². The molecule has 60 valence electrons. The van der Waals surface area contributed by atoms with Gasteiger partial charge in [0.25, 0.3) is 0 Å². The third kappa shape index (κ3) is 0.732. The minimum Gasteiger partial charge on any atom is -0.381 e. The molecule has 3 nitrogen and oxygen atoms in total. The monoisotopic (exact) mass is 154 g/mol. The Kier molecular flexibility index (Phi) is 1.16. The Morgan fingerprint density at radius 2 is 1.45 bits per heavy atom. The van der Waals surface area contributed by atoms with E-state index in [2.05, 4.69) is 12.2 Å². The van der Waals surface area contributed by atoms with Crippen LogP contribution >= 0.6 is 0 Å². The third-order valence-electron chi connectivity index (χ3n) is 2.78. The average Bonchev–Trinajstić information content (AvgIpc) is 2.55. The van der Waals surface area contributed by atoms with Crippen LogP contribution in [0.4, 0.5) is 0 Å². The topological polar surface area (TPSA) is 27.7 Å². The maximum atomic E-state index is 5.37. The molecule has 2 fully saturated rings. The number of ether oxygens (including phenoxy) is 1. The van der Waals surface area contributed by atoms with Gasteiger partial charge in [0.1, 0.15) is 12.2 Å². The van der Waals surface area contributed by atoms with Crippen molar-refractivity contribution in [3.8, 4) is 0 Å². The van der Waals surface area contributed by atoms with Crippen LogP contribution in [-0.4, -0.2) is 25.4 Å². The van der Waals surface area contributed by atoms with Gasteiger partial charge in [0.15, 0.2) is 0 Å². The Hall–Kier alpha value is -0.380. The van der Waals surface area contributed by atoms with E-state index in [0.717, 1.165) is 13.2 Å². The summed E-state index contributed by atoms with van der Waals surface area (Å²) in [7, 11) is 0. The first-order valence-corrected chi connectivity index (χ1v) is 4.03. The summed E-state index contributed by atoms with van der Waals surface area (Å²) in [6.07, 6.45) is 4.47. The predicted octanol–water partition coefficient (Wildman–Crippen LogP) is 0.518. The van der Waals surface area contributed by atoms with Crippen molar-refractivity contribution in [3.05, 3.63) is 12.2 Å². The van der Waals surface area contributed by atoms with Crippen LogP contribution in [0, 0.1) is 11.8 Å². The first-order valence-electron chi connectivity index (χ1n) is 4.03. The SMILES string of the molecule is C1=C[C@@H]2OO[C@@H]1[C@@H]1COC[C@@H]12. The highest BCUT2D eigenvalue weighted by Gasteiger charge is 2.46. The maximum Gasteiger partial charge on any atom is 0.117 e. The molecule has 4 aliphatic rings. The van der Waals surface area contributed by atoms with E-state index in [0.29, 0.717) is 11.8 Å². The van der Waals surface area contributed by atoms with Gasteiger partial charge in [-0.2, -0.15) is 0 Å². The van der Waals surface area contributed by atoms with Crippen LogP contribution in [0.3, 0.4) is 0 Å². The molecule has 0 spiro atoms. The summed E-state index contributed by atoms with van der Waals surface area (Å²) >= 11 is 0. The molecule has 3 heteroatoms. The molecule has 4 rings (SSSR count). The first-order chi connectivity index (χ1) is 5.45. The van der Waals surface area contributed by atoms with E-state index in [-0.39, 0.29) is 12.2 Å². The molecule has 0 aromatic heterocycles. The normalized spacial score (nSPS) is 53.1. The van der Waals surface area contributed by atoms with E-state index in [1.54, 1.807) is 0 Å². The molecule has 0 unspecified atom stereocenters. The van der Waals surface area contributed by atoms with Crippen molar-refractivity contribution >= 4 is 0 Å². The van der Waals surface area contributed by atoms with Crippen LogP contribution < -0.4 is 0 Å². The molecule has 0 radical (unpaired) electrons. The van der Waals surface area contributed by atoms with E-state index in [9.17, 15) is 0 Å². The number of rotatable bonds is 0. The standard InChI is InChI=1S/C8H10O3/c1-2-8-6-4-9-3-5(6)7(1)10-11-8/h1-2,5-8H,3-4H2/t5-,6+,7-,8-/m0/s1. The Morgan fingerprint density at radius 1 is 0.909 bits per heavy atom. The summed E-state index contributed by atoms with van der Waals surface area (Å²) < 4.78 is 5.37. The van der Waals surface area contributed by atoms with Gasteiger partial charge in [0.2, 0.25) is 0 Å². The second-order valence-corrected chi connectivity index (χ2v) is 3.37. The molecule has 11 heavy (non-hydrogen) atoms. The zero-order chi connectivity index (χ0) is 7.26. The van der Waals surface area contributed by atoms with Crippen molar-refractivity contribution < 1.29 is 14.5 Å². The van der Waals surface area contributed by atoms with E-state index in [1.165, 1.54) is 0 Å². The Labute approximate surface area is 64.9 Å². The van der Waals surface area contributed by atoms with E-state index >= 15 is 0 Å². The molecular formula is C8H10O3. The Morgan fingerprint density at radius 3 is 1.91 bits per heavy atom. The van der Waals surface area contributed by atoms with Crippen LogP contribution in [0.25, 0.3) is 0 Å². The summed E-state index contributed by atoms with van der Waals surface area (Å²) in [5, 5.41) is 0. The van der Waals surface area contributed by atoms with Gasteiger partial charge in [-0.05, 0) is 0 Å². The second-order valence-electron chi connectivity index (χ2n) is 3.37. The Bertz CT molecular complexity index is 182. The second kappa shape index (κ2) is 2.06. The van der Waals surface area contributed by atoms with Crippen LogP contribution in [0.1, 0.15) is 0 Å². The lowest BCUT2D eigenvalue weighted by Gasteiger charge is -2.38. The van der Waals surface area contributed by atoms with Crippen molar-refractivity contribution in [1.29, 1.82) is 0 Å². The van der Waals surface area contributed by atoms with Gasteiger partial charge in [-0.1, -0.05) is 12.2 Å². The summed E-state index contributed by atoms with van der Waals surface area (Å²) in [4.78, 5) is 10.2. The van der Waals surface area contributed by atoms with Crippen LogP contribution in [0.15, 0.2) is 12.2 Å². The van der Waals surface area contributed by atoms with E-state index in [1.807, 2.05) is 0 Å². The zero-order valence-corrected chi connectivity index (χ0v) is 6.10. The minimum absolute atomic E-state index is 0.146. The smallest absolute Gasteiger partial charge is 0.117 e. The minimum atomic E-state index is 0.146. The highest BCUT2D eigenvalue weighted by atomic mass is 17.2. The summed E-state index contributed by atoms with van der Waals surface area (Å²) in [6.45, 7) is 1.67. The molecule has 2 bridgehead atoms. The van der Waals surface area contributed by atoms with Gasteiger partial charge in [0, 0.05) is 11.8 Å². The van der Waals surface area contributed by atoms with E-state index < -0.39 is 0 Å². The third-order valence-corrected chi connectivity index (χ3v) is 2.78. The zero-order valence-electron chi connectivity index (χ0n) is 6.10. The van der Waals surface area contributed by atoms with Crippen molar-refractivity contribution in [2.24, 2.45) is 11.8 Å². The molecule has 0 saturated carbocycles. The molecule has 0 aromatic carbocycles. The lowest BCUT2D eigenvalue weighted by molar-refractivity contribution is -0.383. The molecule has 0 aromatic rings. The summed E-state index contributed by atoms with van der Waals surface area (Å²) in [5.74, 6) is 1.08. The first kappa shape index (κ1) is 6.17. The van der Waals surface area contributed by atoms with Crippen molar-refractivity contribution in [3.63, 3.8) is 0 Å². The lowest BCUT2D eigenvalue weighted by Crippen LogP contribution is -2.45. The van der Waals surface area contributed by atoms with Gasteiger partial charge < -0.3 is 4.74 Å². The van der Waals surface area contributed by atoms with Gasteiger partial charge in [-0.15, -0.1) is 0 Å². The molecule has 2 saturated heterocycles. The van der Waals surface area contributed by atoms with Crippen LogP contribution in [-0.2, 0) is 14.5 Å². The largest absolute Gasteiger partial charge is 0.381 e. The van der Waals surface area contributed by atoms with Gasteiger partial charge in [-0.25, -0.2) is 9.78 Å². The number of hydrogen-bond acceptors (Lipinski definition) is 3. The fraction of sp³-hybridized carbons (Fsp3) is 0.750. The van der Waals surface area contributed by atoms with Crippen molar-refractivity contribution in [1.82, 2.24) is 0 Å². The number of fused-ring (bicyclic) bond motifs is 1. The molecular weight excluding hydrogens is 144 g/mol. The summed E-state index contributed by atoms with van der Waals surface area (Å²) in [6, 6.07) is 0. The number of hydrogen-bond donors (Lipinski definition) is 0. The fourth-order valence-electron chi connectivity index (χ4n) is 2.10. The van der Waals surface area contributed by atoms with Crippen molar-refractivity contribution in [2.45, 2.75) is 12.2 Å². The average molecular weight is 154 g/mol. The molecule has 3 aliphatic heterocycles. The summed E-state index contributed by atoms with van der Waals surface area (Å²) in [5.41, 5.74) is 0. The molecule has 0 N–H and O–H groups in total. The maximum absolute atomic E-state index is 5.37. The fourth-order valence-corrected chi connectivity index (χ4v) is 2.10. The highest BCUT2D eigenvalue weighted by molar-refractivity contribution is 5.10. The molecule has 1 aliphatic carbocycles. The van der Waals surface area contributed by atoms with Crippen LogP contribution in [0.5, 0.6) is 0 Å². The highest BCUT2D eigenvalue weighted by Crippen LogP contribution is 2.38.